The van der Waals surface area contributed by atoms with Gasteiger partial charge in [-0.1, -0.05) is 0 Å². The first-order chi connectivity index (χ1) is 8.30. The second-order valence-corrected chi connectivity index (χ2v) is 5.04. The van der Waals surface area contributed by atoms with Crippen LogP contribution < -0.4 is 5.73 Å². The molecule has 19 heavy (non-hydrogen) atoms. The molecule has 2 aromatic rings. The van der Waals surface area contributed by atoms with Crippen LogP contribution in [0.1, 0.15) is 0 Å². The number of anilines is 1. The molecule has 0 unspecified atom stereocenters. The Labute approximate surface area is 130 Å². The molecule has 0 saturated heterocycles. The second-order valence-electron chi connectivity index (χ2n) is 3.61. The predicted octanol–water partition coefficient (Wildman–Crippen LogP) is 1.20. The third-order valence-corrected chi connectivity index (χ3v) is 3.34. The summed E-state index contributed by atoms with van der Waals surface area (Å²) in [5.41, 5.74) is 5.65. The van der Waals surface area contributed by atoms with Gasteiger partial charge in [0, 0.05) is 46.7 Å². The van der Waals surface area contributed by atoms with Crippen LogP contribution in [0.4, 0.5) is 11.4 Å². The molecule has 2 rings (SSSR count). The average Bonchev–Trinajstić information content (AvgIpc) is 2.27. The van der Waals surface area contributed by atoms with Crippen LogP contribution in [0.2, 0.25) is 0 Å². The molecule has 0 atom stereocenters. The predicted molar refractivity (Wildman–Crippen MR) is 70.6 cm³/mol. The molecular weight excluding hydrogens is 283 g/mol. The Balaban J connectivity index is 0.00000180. The van der Waals surface area contributed by atoms with Gasteiger partial charge in [0.1, 0.15) is 0 Å². The standard InChI is InChI=1S/C10H8N2O5S.Na/c11-9-3-4-10(12(13)14)7-2-1-6(5-8(7)9)18(15,16)17;/h1-5H,11H2,(H,15,16,17);. The fourth-order valence-electron chi connectivity index (χ4n) is 1.65. The summed E-state index contributed by atoms with van der Waals surface area (Å²) in [6, 6.07) is 5.99. The zero-order valence-electron chi connectivity index (χ0n) is 9.90. The summed E-state index contributed by atoms with van der Waals surface area (Å²) in [5, 5.41) is 11.2. The van der Waals surface area contributed by atoms with Crippen LogP contribution in [0, 0.1) is 10.1 Å². The third kappa shape index (κ3) is 3.04. The van der Waals surface area contributed by atoms with E-state index in [4.69, 9.17) is 10.3 Å². The van der Waals surface area contributed by atoms with E-state index in [0.717, 1.165) is 12.1 Å². The average molecular weight is 291 g/mol. The Morgan fingerprint density at radius 3 is 2.32 bits per heavy atom. The normalized spacial score (nSPS) is 11.0. The van der Waals surface area contributed by atoms with Gasteiger partial charge in [-0.05, 0) is 24.3 Å². The smallest absolute Gasteiger partial charge is 0.294 e. The van der Waals surface area contributed by atoms with Crippen LogP contribution in [-0.4, -0.2) is 47.5 Å². The molecule has 0 amide bonds. The summed E-state index contributed by atoms with van der Waals surface area (Å²) in [4.78, 5) is 9.86. The van der Waals surface area contributed by atoms with Crippen molar-refractivity contribution in [2.45, 2.75) is 4.90 Å². The first kappa shape index (κ1) is 15.9. The number of hydrogen-bond donors (Lipinski definition) is 2. The molecule has 0 aliphatic heterocycles. The van der Waals surface area contributed by atoms with Crippen molar-refractivity contribution in [3.63, 3.8) is 0 Å². The van der Waals surface area contributed by atoms with E-state index in [1.54, 1.807) is 0 Å². The molecule has 7 nitrogen and oxygen atoms in total. The van der Waals surface area contributed by atoms with E-state index in [1.807, 2.05) is 0 Å². The number of hydrogen-bond acceptors (Lipinski definition) is 5. The quantitative estimate of drug-likeness (QED) is 0.281. The number of nitrogens with zero attached hydrogens (tertiary/aromatic N) is 1. The molecule has 0 spiro atoms. The van der Waals surface area contributed by atoms with E-state index in [9.17, 15) is 18.5 Å². The van der Waals surface area contributed by atoms with E-state index in [-0.39, 0.29) is 56.6 Å². The van der Waals surface area contributed by atoms with Gasteiger partial charge >= 0.3 is 0 Å². The minimum absolute atomic E-state index is 0. The molecule has 0 fully saturated rings. The Bertz CT molecular complexity index is 760. The number of non-ortho nitro benzene ring substituents is 1. The second kappa shape index (κ2) is 5.43. The van der Waals surface area contributed by atoms with Gasteiger partial charge in [-0.25, -0.2) is 0 Å². The van der Waals surface area contributed by atoms with Crippen LogP contribution in [0.3, 0.4) is 0 Å². The van der Waals surface area contributed by atoms with E-state index in [1.165, 1.54) is 18.2 Å². The first-order valence-corrected chi connectivity index (χ1v) is 6.19. The summed E-state index contributed by atoms with van der Waals surface area (Å²) < 4.78 is 30.9. The van der Waals surface area contributed by atoms with Gasteiger partial charge in [0.25, 0.3) is 15.8 Å². The number of benzene rings is 2. The topological polar surface area (TPSA) is 124 Å². The number of nitrogens with two attached hydrogens (primary N) is 1. The minimum Gasteiger partial charge on any atom is -0.398 e. The number of rotatable bonds is 2. The molecule has 1 radical (unpaired) electrons. The first-order valence-electron chi connectivity index (χ1n) is 4.75. The zero-order chi connectivity index (χ0) is 13.5. The molecule has 9 heteroatoms. The van der Waals surface area contributed by atoms with Gasteiger partial charge in [0.15, 0.2) is 0 Å². The van der Waals surface area contributed by atoms with Gasteiger partial charge in [-0.2, -0.15) is 8.42 Å². The molecule has 0 heterocycles. The Morgan fingerprint density at radius 2 is 1.79 bits per heavy atom. The van der Waals surface area contributed by atoms with Crippen LogP contribution in [0.5, 0.6) is 0 Å². The Hall–Kier alpha value is -1.19. The molecule has 2 aromatic carbocycles. The number of nitro groups is 1. The van der Waals surface area contributed by atoms with Crippen molar-refractivity contribution in [2.75, 3.05) is 5.73 Å². The molecule has 0 aromatic heterocycles. The fourth-order valence-corrected chi connectivity index (χ4v) is 2.16. The van der Waals surface area contributed by atoms with Crippen LogP contribution >= 0.6 is 0 Å². The molecule has 0 aliphatic carbocycles. The number of nitro benzene ring substituents is 1. The van der Waals surface area contributed by atoms with E-state index in [2.05, 4.69) is 0 Å². The zero-order valence-corrected chi connectivity index (χ0v) is 12.7. The van der Waals surface area contributed by atoms with Crippen LogP contribution in [0.15, 0.2) is 35.2 Å². The molecular formula is C10H8N2NaO5S. The van der Waals surface area contributed by atoms with Crippen LogP contribution in [-0.2, 0) is 10.1 Å². The molecule has 95 valence electrons. The SMILES string of the molecule is Nc1ccc([N+](=O)[O-])c2ccc(S(=O)(=O)O)cc12.[Na]. The summed E-state index contributed by atoms with van der Waals surface area (Å²) in [6.07, 6.45) is 0. The van der Waals surface area contributed by atoms with E-state index < -0.39 is 15.0 Å². The Kier molecular flexibility index (Phi) is 4.54. The maximum atomic E-state index is 11.0. The maximum Gasteiger partial charge on any atom is 0.294 e. The van der Waals surface area contributed by atoms with Crippen molar-refractivity contribution in [1.82, 2.24) is 0 Å². The monoisotopic (exact) mass is 291 g/mol. The summed E-state index contributed by atoms with van der Waals surface area (Å²) >= 11 is 0. The van der Waals surface area contributed by atoms with Crippen molar-refractivity contribution in [3.05, 3.63) is 40.4 Å². The maximum absolute atomic E-state index is 11.0. The van der Waals surface area contributed by atoms with Crippen LogP contribution in [0.25, 0.3) is 10.8 Å². The molecule has 0 bridgehead atoms. The van der Waals surface area contributed by atoms with E-state index in [0.29, 0.717) is 0 Å². The molecule has 0 saturated carbocycles. The van der Waals surface area contributed by atoms with Gasteiger partial charge in [-0.15, -0.1) is 0 Å². The van der Waals surface area contributed by atoms with Crippen molar-refractivity contribution in [3.8, 4) is 0 Å². The van der Waals surface area contributed by atoms with Gasteiger partial charge in [0.05, 0.1) is 15.2 Å². The van der Waals surface area contributed by atoms with Crippen molar-refractivity contribution in [1.29, 1.82) is 0 Å². The summed E-state index contributed by atoms with van der Waals surface area (Å²) in [5.74, 6) is 0. The number of nitrogen functional groups attached to an aromatic ring is 1. The molecule has 0 aliphatic rings. The third-order valence-electron chi connectivity index (χ3n) is 2.49. The fraction of sp³-hybridized carbons (Fsp3) is 0. The summed E-state index contributed by atoms with van der Waals surface area (Å²) in [7, 11) is -4.37. The molecule has 3 N–H and O–H groups in total. The van der Waals surface area contributed by atoms with Crippen molar-refractivity contribution in [2.24, 2.45) is 0 Å². The van der Waals surface area contributed by atoms with Gasteiger partial charge < -0.3 is 5.73 Å². The largest absolute Gasteiger partial charge is 0.398 e. The van der Waals surface area contributed by atoms with Gasteiger partial charge in [0.2, 0.25) is 0 Å². The van der Waals surface area contributed by atoms with Gasteiger partial charge in [-0.3, -0.25) is 14.7 Å². The van der Waals surface area contributed by atoms with Crippen molar-refractivity contribution < 1.29 is 17.9 Å². The van der Waals surface area contributed by atoms with Crippen molar-refractivity contribution >= 4 is 61.8 Å². The number of fused-ring (bicyclic) bond motifs is 1. The minimum atomic E-state index is -4.37. The summed E-state index contributed by atoms with van der Waals surface area (Å²) in [6.45, 7) is 0. The van der Waals surface area contributed by atoms with E-state index >= 15 is 0 Å². The Morgan fingerprint density at radius 1 is 1.16 bits per heavy atom.